The molecule has 0 aliphatic carbocycles. The van der Waals surface area contributed by atoms with Gasteiger partial charge in [-0.1, -0.05) is 30.3 Å². The zero-order chi connectivity index (χ0) is 8.73. The lowest BCUT2D eigenvalue weighted by atomic mass is 9.93. The Balaban J connectivity index is 2.00. The Morgan fingerprint density at radius 3 is 2.69 bits per heavy atom. The summed E-state index contributed by atoms with van der Waals surface area (Å²) >= 11 is 0. The van der Waals surface area contributed by atoms with Crippen molar-refractivity contribution in [3.63, 3.8) is 0 Å². The second-order valence-electron chi connectivity index (χ2n) is 3.95. The van der Waals surface area contributed by atoms with Gasteiger partial charge in [-0.2, -0.15) is 0 Å². The van der Waals surface area contributed by atoms with Crippen molar-refractivity contribution in [2.45, 2.75) is 18.1 Å². The molecule has 13 heavy (non-hydrogen) atoms. The van der Waals surface area contributed by atoms with E-state index in [9.17, 15) is 0 Å². The average Bonchev–Trinajstić information content (AvgIpc) is 2.80. The highest BCUT2D eigenvalue weighted by atomic mass is 16.5. The predicted molar refractivity (Wildman–Crippen MR) is 50.5 cm³/mol. The Morgan fingerprint density at radius 2 is 2.15 bits per heavy atom. The molecule has 0 amide bonds. The minimum atomic E-state index is -0.00801. The van der Waals surface area contributed by atoms with Gasteiger partial charge in [0.25, 0.3) is 0 Å². The van der Waals surface area contributed by atoms with Crippen LogP contribution >= 0.6 is 0 Å². The third-order valence-electron chi connectivity index (χ3n) is 3.11. The van der Waals surface area contributed by atoms with E-state index < -0.39 is 0 Å². The largest absolute Gasteiger partial charge is 0.367 e. The van der Waals surface area contributed by atoms with Crippen LogP contribution in [0.2, 0.25) is 0 Å². The van der Waals surface area contributed by atoms with E-state index in [4.69, 9.17) is 4.74 Å². The standard InChI is InChI=1S/C11H13NO/c1-2-4-9(5-3-1)11-6-10(7-13-11)12-8-11/h1-5,10,12H,6-8H2/t10?,11-/m0/s1. The van der Waals surface area contributed by atoms with E-state index in [1.165, 1.54) is 5.56 Å². The van der Waals surface area contributed by atoms with Gasteiger partial charge in [-0.3, -0.25) is 0 Å². The van der Waals surface area contributed by atoms with Crippen molar-refractivity contribution < 1.29 is 4.74 Å². The predicted octanol–water partition coefficient (Wildman–Crippen LogP) is 1.27. The van der Waals surface area contributed by atoms with Crippen LogP contribution in [0.5, 0.6) is 0 Å². The summed E-state index contributed by atoms with van der Waals surface area (Å²) < 4.78 is 5.86. The number of ether oxygens (including phenoxy) is 1. The molecule has 2 saturated heterocycles. The molecule has 2 aliphatic heterocycles. The van der Waals surface area contributed by atoms with Gasteiger partial charge in [0.15, 0.2) is 0 Å². The molecular formula is C11H13NO. The fourth-order valence-corrected chi connectivity index (χ4v) is 2.38. The van der Waals surface area contributed by atoms with E-state index in [1.807, 2.05) is 0 Å². The third-order valence-corrected chi connectivity index (χ3v) is 3.11. The van der Waals surface area contributed by atoms with E-state index >= 15 is 0 Å². The van der Waals surface area contributed by atoms with Crippen molar-refractivity contribution in [2.75, 3.05) is 13.2 Å². The number of hydrogen-bond donors (Lipinski definition) is 1. The van der Waals surface area contributed by atoms with E-state index in [1.54, 1.807) is 0 Å². The Morgan fingerprint density at radius 1 is 1.31 bits per heavy atom. The minimum absolute atomic E-state index is 0.00801. The first-order valence-electron chi connectivity index (χ1n) is 4.82. The molecule has 3 rings (SSSR count). The maximum atomic E-state index is 5.86. The molecule has 0 saturated carbocycles. The molecule has 1 aromatic carbocycles. The van der Waals surface area contributed by atoms with Crippen molar-refractivity contribution in [3.05, 3.63) is 35.9 Å². The molecule has 68 valence electrons. The fraction of sp³-hybridized carbons (Fsp3) is 0.455. The Labute approximate surface area is 77.9 Å². The smallest absolute Gasteiger partial charge is 0.107 e. The Hall–Kier alpha value is -0.860. The van der Waals surface area contributed by atoms with Crippen LogP contribution in [0.1, 0.15) is 12.0 Å². The zero-order valence-corrected chi connectivity index (χ0v) is 7.49. The van der Waals surface area contributed by atoms with E-state index in [0.717, 1.165) is 19.6 Å². The first kappa shape index (κ1) is 7.54. The SMILES string of the molecule is c1ccc([C@]23CNC(CO2)C3)cc1. The number of benzene rings is 1. The molecule has 1 aromatic rings. The molecule has 0 spiro atoms. The summed E-state index contributed by atoms with van der Waals surface area (Å²) in [6.45, 7) is 1.84. The lowest BCUT2D eigenvalue weighted by molar-refractivity contribution is -0.00958. The average molecular weight is 175 g/mol. The van der Waals surface area contributed by atoms with Gasteiger partial charge in [0, 0.05) is 12.6 Å². The summed E-state index contributed by atoms with van der Waals surface area (Å²) in [5.41, 5.74) is 1.31. The quantitative estimate of drug-likeness (QED) is 0.694. The van der Waals surface area contributed by atoms with Crippen LogP contribution in [0.15, 0.2) is 30.3 Å². The van der Waals surface area contributed by atoms with Crippen molar-refractivity contribution in [2.24, 2.45) is 0 Å². The van der Waals surface area contributed by atoms with Gasteiger partial charge >= 0.3 is 0 Å². The van der Waals surface area contributed by atoms with Crippen LogP contribution in [0, 0.1) is 0 Å². The lowest BCUT2D eigenvalue weighted by Gasteiger charge is -2.27. The number of nitrogens with one attached hydrogen (secondary N) is 1. The number of hydrogen-bond acceptors (Lipinski definition) is 2. The van der Waals surface area contributed by atoms with Gasteiger partial charge in [-0.25, -0.2) is 0 Å². The Bertz CT molecular complexity index is 301. The maximum absolute atomic E-state index is 5.86. The molecule has 2 nitrogen and oxygen atoms in total. The monoisotopic (exact) mass is 175 g/mol. The third kappa shape index (κ3) is 1.02. The van der Waals surface area contributed by atoms with Crippen molar-refractivity contribution in [1.29, 1.82) is 0 Å². The first-order valence-corrected chi connectivity index (χ1v) is 4.82. The fourth-order valence-electron chi connectivity index (χ4n) is 2.38. The molecule has 2 aliphatic rings. The first-order chi connectivity index (χ1) is 6.39. The molecule has 2 heteroatoms. The van der Waals surface area contributed by atoms with E-state index in [0.29, 0.717) is 6.04 Å². The minimum Gasteiger partial charge on any atom is -0.367 e. The topological polar surface area (TPSA) is 21.3 Å². The van der Waals surface area contributed by atoms with Gasteiger partial charge in [-0.15, -0.1) is 0 Å². The van der Waals surface area contributed by atoms with Crippen LogP contribution in [0.3, 0.4) is 0 Å². The van der Waals surface area contributed by atoms with Crippen LogP contribution < -0.4 is 5.32 Å². The van der Waals surface area contributed by atoms with Crippen LogP contribution in [-0.4, -0.2) is 19.2 Å². The molecule has 1 N–H and O–H groups in total. The van der Waals surface area contributed by atoms with Gasteiger partial charge in [0.1, 0.15) is 5.60 Å². The van der Waals surface area contributed by atoms with Gasteiger partial charge < -0.3 is 10.1 Å². The summed E-state index contributed by atoms with van der Waals surface area (Å²) in [6.07, 6.45) is 1.14. The molecule has 2 fully saturated rings. The second-order valence-corrected chi connectivity index (χ2v) is 3.95. The molecule has 0 aromatic heterocycles. The zero-order valence-electron chi connectivity index (χ0n) is 7.49. The van der Waals surface area contributed by atoms with E-state index in [2.05, 4.69) is 35.6 Å². The highest BCUT2D eigenvalue weighted by molar-refractivity contribution is 5.26. The Kier molecular flexibility index (Phi) is 1.49. The number of fused-ring (bicyclic) bond motifs is 2. The normalized spacial score (nSPS) is 36.8. The molecule has 2 atom stereocenters. The summed E-state index contributed by atoms with van der Waals surface area (Å²) in [4.78, 5) is 0. The summed E-state index contributed by atoms with van der Waals surface area (Å²) in [5, 5.41) is 3.47. The second kappa shape index (κ2) is 2.56. The summed E-state index contributed by atoms with van der Waals surface area (Å²) in [5.74, 6) is 0. The molecule has 0 radical (unpaired) electrons. The molecule has 2 bridgehead atoms. The van der Waals surface area contributed by atoms with Crippen molar-refractivity contribution in [3.8, 4) is 0 Å². The molecule has 2 heterocycles. The van der Waals surface area contributed by atoms with Gasteiger partial charge in [0.2, 0.25) is 0 Å². The highest BCUT2D eigenvalue weighted by Crippen LogP contribution is 2.39. The van der Waals surface area contributed by atoms with Crippen LogP contribution in [0.4, 0.5) is 0 Å². The van der Waals surface area contributed by atoms with Gasteiger partial charge in [0.05, 0.1) is 6.61 Å². The highest BCUT2D eigenvalue weighted by Gasteiger charge is 2.47. The molecular weight excluding hydrogens is 162 g/mol. The molecule has 1 unspecified atom stereocenters. The summed E-state index contributed by atoms with van der Waals surface area (Å²) in [7, 11) is 0. The van der Waals surface area contributed by atoms with Crippen molar-refractivity contribution >= 4 is 0 Å². The summed E-state index contributed by atoms with van der Waals surface area (Å²) in [6, 6.07) is 11.1. The van der Waals surface area contributed by atoms with Gasteiger partial charge in [-0.05, 0) is 12.0 Å². The van der Waals surface area contributed by atoms with Crippen LogP contribution in [0.25, 0.3) is 0 Å². The number of morpholine rings is 1. The lowest BCUT2D eigenvalue weighted by Crippen LogP contribution is -2.37. The van der Waals surface area contributed by atoms with Crippen LogP contribution in [-0.2, 0) is 10.3 Å². The maximum Gasteiger partial charge on any atom is 0.107 e. The van der Waals surface area contributed by atoms with Crippen molar-refractivity contribution in [1.82, 2.24) is 5.32 Å². The van der Waals surface area contributed by atoms with E-state index in [-0.39, 0.29) is 5.60 Å². The number of rotatable bonds is 1.